The molecule has 0 saturated carbocycles. The first kappa shape index (κ1) is 18.7. The van der Waals surface area contributed by atoms with E-state index in [4.69, 9.17) is 9.73 Å². The molecule has 6 nitrogen and oxygen atoms in total. The molecule has 4 aliphatic heterocycles. The fourth-order valence-corrected chi connectivity index (χ4v) is 4.49. The molecule has 0 radical (unpaired) electrons. The van der Waals surface area contributed by atoms with Gasteiger partial charge in [0.2, 0.25) is 0 Å². The van der Waals surface area contributed by atoms with Gasteiger partial charge in [0.15, 0.2) is 5.96 Å². The average molecular weight is 372 g/mol. The van der Waals surface area contributed by atoms with Crippen molar-refractivity contribution in [3.05, 3.63) is 35.4 Å². The highest BCUT2D eigenvalue weighted by atomic mass is 16.5. The van der Waals surface area contributed by atoms with Crippen molar-refractivity contribution >= 4 is 5.96 Å². The molecule has 4 aliphatic rings. The molecule has 2 atom stereocenters. The Balaban J connectivity index is 1.44. The third kappa shape index (κ3) is 4.28. The summed E-state index contributed by atoms with van der Waals surface area (Å²) in [5, 5.41) is 3.51. The molecule has 0 amide bonds. The van der Waals surface area contributed by atoms with Crippen LogP contribution in [0.5, 0.6) is 0 Å². The number of rotatable bonds is 4. The first-order valence-electron chi connectivity index (χ1n) is 10.4. The Labute approximate surface area is 163 Å². The summed E-state index contributed by atoms with van der Waals surface area (Å²) in [7, 11) is 0. The average Bonchev–Trinajstić information content (AvgIpc) is 2.72. The van der Waals surface area contributed by atoms with Gasteiger partial charge in [-0.15, -0.1) is 0 Å². The SMILES string of the molecule is CCNC(=NCC1CN2CCN1CC2)N1CCOC(c2ccccc2C)C1. The number of aryl methyl sites for hydroxylation is 1. The standard InChI is InChI=1S/C21H33N5O/c1-3-22-21(23-14-18-15-24-8-10-25(18)11-9-24)26-12-13-27-20(16-26)19-7-5-4-6-17(19)2/h4-7,18,20H,3,8-16H2,1-2H3,(H,22,23). The number of benzene rings is 1. The van der Waals surface area contributed by atoms with Crippen molar-refractivity contribution in [3.8, 4) is 0 Å². The highest BCUT2D eigenvalue weighted by Crippen LogP contribution is 2.25. The predicted molar refractivity (Wildman–Crippen MR) is 109 cm³/mol. The molecule has 4 fully saturated rings. The summed E-state index contributed by atoms with van der Waals surface area (Å²) < 4.78 is 6.10. The maximum absolute atomic E-state index is 6.10. The maximum Gasteiger partial charge on any atom is 0.194 e. The van der Waals surface area contributed by atoms with E-state index in [1.165, 1.54) is 37.3 Å². The summed E-state index contributed by atoms with van der Waals surface area (Å²) in [5.74, 6) is 1.04. The summed E-state index contributed by atoms with van der Waals surface area (Å²) in [5.41, 5.74) is 2.59. The van der Waals surface area contributed by atoms with Gasteiger partial charge < -0.3 is 15.0 Å². The molecule has 4 saturated heterocycles. The predicted octanol–water partition coefficient (Wildman–Crippen LogP) is 1.33. The van der Waals surface area contributed by atoms with Gasteiger partial charge in [-0.3, -0.25) is 14.8 Å². The van der Waals surface area contributed by atoms with Gasteiger partial charge in [0.05, 0.1) is 19.7 Å². The smallest absolute Gasteiger partial charge is 0.194 e. The van der Waals surface area contributed by atoms with Crippen LogP contribution in [0.4, 0.5) is 0 Å². The normalized spacial score (nSPS) is 31.2. The van der Waals surface area contributed by atoms with Crippen molar-refractivity contribution in [1.82, 2.24) is 20.0 Å². The number of hydrogen-bond donors (Lipinski definition) is 1. The van der Waals surface area contributed by atoms with Crippen LogP contribution in [0.25, 0.3) is 0 Å². The van der Waals surface area contributed by atoms with Gasteiger partial charge in [0.1, 0.15) is 6.10 Å². The topological polar surface area (TPSA) is 43.3 Å². The minimum atomic E-state index is 0.115. The van der Waals surface area contributed by atoms with E-state index in [1.54, 1.807) is 0 Å². The molecule has 1 N–H and O–H groups in total. The van der Waals surface area contributed by atoms with Gasteiger partial charge in [0.25, 0.3) is 0 Å². The molecular formula is C21H33N5O. The number of fused-ring (bicyclic) bond motifs is 3. The number of aliphatic imine (C=N–C) groups is 1. The second-order valence-electron chi connectivity index (χ2n) is 7.85. The van der Waals surface area contributed by atoms with Crippen molar-refractivity contribution in [2.75, 3.05) is 65.5 Å². The monoisotopic (exact) mass is 371 g/mol. The zero-order chi connectivity index (χ0) is 18.6. The lowest BCUT2D eigenvalue weighted by Crippen LogP contribution is -2.62. The Morgan fingerprint density at radius 3 is 2.67 bits per heavy atom. The van der Waals surface area contributed by atoms with E-state index < -0.39 is 0 Å². The fourth-order valence-electron chi connectivity index (χ4n) is 4.49. The lowest BCUT2D eigenvalue weighted by molar-refractivity contribution is -0.00867. The summed E-state index contributed by atoms with van der Waals surface area (Å²) in [6.45, 7) is 14.6. The number of morpholine rings is 1. The van der Waals surface area contributed by atoms with Gasteiger partial charge in [0, 0.05) is 51.9 Å². The van der Waals surface area contributed by atoms with Crippen LogP contribution in [-0.2, 0) is 4.74 Å². The highest BCUT2D eigenvalue weighted by molar-refractivity contribution is 5.80. The molecule has 5 rings (SSSR count). The third-order valence-electron chi connectivity index (χ3n) is 6.08. The molecule has 1 aromatic carbocycles. The molecule has 1 aromatic rings. The second-order valence-corrected chi connectivity index (χ2v) is 7.85. The Kier molecular flexibility index (Phi) is 5.95. The molecule has 27 heavy (non-hydrogen) atoms. The van der Waals surface area contributed by atoms with Gasteiger partial charge in [-0.05, 0) is 25.0 Å². The van der Waals surface area contributed by atoms with E-state index >= 15 is 0 Å². The van der Waals surface area contributed by atoms with Crippen LogP contribution in [0, 0.1) is 6.92 Å². The highest BCUT2D eigenvalue weighted by Gasteiger charge is 2.32. The van der Waals surface area contributed by atoms with E-state index in [-0.39, 0.29) is 6.10 Å². The van der Waals surface area contributed by atoms with E-state index in [0.717, 1.165) is 45.3 Å². The van der Waals surface area contributed by atoms with E-state index in [0.29, 0.717) is 6.04 Å². The zero-order valence-electron chi connectivity index (χ0n) is 16.7. The Bertz CT molecular complexity index is 656. The fraction of sp³-hybridized carbons (Fsp3) is 0.667. The molecule has 0 spiro atoms. The summed E-state index contributed by atoms with van der Waals surface area (Å²) in [6, 6.07) is 9.11. The minimum absolute atomic E-state index is 0.115. The lowest BCUT2D eigenvalue weighted by Gasteiger charge is -2.47. The number of ether oxygens (including phenoxy) is 1. The molecule has 2 bridgehead atoms. The van der Waals surface area contributed by atoms with E-state index in [9.17, 15) is 0 Å². The molecule has 2 unspecified atom stereocenters. The molecular weight excluding hydrogens is 338 g/mol. The Hall–Kier alpha value is -1.63. The molecule has 148 valence electrons. The summed E-state index contributed by atoms with van der Waals surface area (Å²) in [6.07, 6.45) is 0.115. The quantitative estimate of drug-likeness (QED) is 0.639. The van der Waals surface area contributed by atoms with Crippen LogP contribution in [0.3, 0.4) is 0 Å². The third-order valence-corrected chi connectivity index (χ3v) is 6.08. The summed E-state index contributed by atoms with van der Waals surface area (Å²) >= 11 is 0. The number of nitrogens with one attached hydrogen (secondary N) is 1. The molecule has 6 heteroatoms. The maximum atomic E-state index is 6.10. The van der Waals surface area contributed by atoms with Crippen molar-refractivity contribution in [3.63, 3.8) is 0 Å². The first-order valence-corrected chi connectivity index (χ1v) is 10.4. The number of nitrogens with zero attached hydrogens (tertiary/aromatic N) is 4. The van der Waals surface area contributed by atoms with Crippen molar-refractivity contribution in [2.24, 2.45) is 4.99 Å². The summed E-state index contributed by atoms with van der Waals surface area (Å²) in [4.78, 5) is 12.6. The minimum Gasteiger partial charge on any atom is -0.370 e. The molecule has 0 aliphatic carbocycles. The van der Waals surface area contributed by atoms with Gasteiger partial charge in [-0.25, -0.2) is 0 Å². The second kappa shape index (κ2) is 8.59. The van der Waals surface area contributed by atoms with Crippen molar-refractivity contribution in [1.29, 1.82) is 0 Å². The number of piperazine rings is 3. The van der Waals surface area contributed by atoms with Crippen molar-refractivity contribution in [2.45, 2.75) is 26.0 Å². The van der Waals surface area contributed by atoms with E-state index in [1.807, 2.05) is 0 Å². The Morgan fingerprint density at radius 2 is 1.96 bits per heavy atom. The zero-order valence-corrected chi connectivity index (χ0v) is 16.7. The van der Waals surface area contributed by atoms with Gasteiger partial charge >= 0.3 is 0 Å². The van der Waals surface area contributed by atoms with Crippen LogP contribution < -0.4 is 5.32 Å². The van der Waals surface area contributed by atoms with Gasteiger partial charge in [-0.2, -0.15) is 0 Å². The Morgan fingerprint density at radius 1 is 1.15 bits per heavy atom. The molecule has 0 aromatic heterocycles. The van der Waals surface area contributed by atoms with Crippen molar-refractivity contribution < 1.29 is 4.74 Å². The van der Waals surface area contributed by atoms with Gasteiger partial charge in [-0.1, -0.05) is 24.3 Å². The van der Waals surface area contributed by atoms with Crippen LogP contribution >= 0.6 is 0 Å². The largest absolute Gasteiger partial charge is 0.370 e. The number of hydrogen-bond acceptors (Lipinski definition) is 4. The van der Waals surface area contributed by atoms with Crippen LogP contribution in [-0.4, -0.2) is 92.2 Å². The lowest BCUT2D eigenvalue weighted by atomic mass is 10.0. The van der Waals surface area contributed by atoms with E-state index in [2.05, 4.69) is 58.1 Å². The number of guanidine groups is 1. The van der Waals surface area contributed by atoms with Crippen LogP contribution in [0.1, 0.15) is 24.2 Å². The van der Waals surface area contributed by atoms with Crippen LogP contribution in [0.15, 0.2) is 29.3 Å². The molecule has 4 heterocycles. The first-order chi connectivity index (χ1) is 13.2. The van der Waals surface area contributed by atoms with Crippen LogP contribution in [0.2, 0.25) is 0 Å².